The van der Waals surface area contributed by atoms with E-state index in [2.05, 4.69) is 22.6 Å². The largest absolute Gasteiger partial charge is 0.212 e. The van der Waals surface area contributed by atoms with E-state index in [9.17, 15) is 4.39 Å². The maximum absolute atomic E-state index is 12.6. The maximum Gasteiger partial charge on any atom is 0.0999 e. The average Bonchev–Trinajstić information content (AvgIpc) is 1.85. The van der Waals surface area contributed by atoms with Gasteiger partial charge in [-0.2, -0.15) is 0 Å². The van der Waals surface area contributed by atoms with Crippen LogP contribution in [0.4, 0.5) is 4.39 Å². The lowest BCUT2D eigenvalue weighted by Gasteiger charge is -1.89. The van der Waals surface area contributed by atoms with Gasteiger partial charge in [-0.3, -0.25) is 0 Å². The highest BCUT2D eigenvalue weighted by molar-refractivity contribution is 14.1. The first-order valence-electron chi connectivity index (χ1n) is 3.35. The molecule has 0 fully saturated rings. The van der Waals surface area contributed by atoms with Gasteiger partial charge >= 0.3 is 0 Å². The van der Waals surface area contributed by atoms with Crippen LogP contribution in [0, 0.1) is 0 Å². The summed E-state index contributed by atoms with van der Waals surface area (Å²) >= 11 is 2.15. The zero-order valence-corrected chi connectivity index (χ0v) is 8.48. The number of rotatable bonds is 3. The van der Waals surface area contributed by atoms with Crippen LogP contribution in [0.1, 0.15) is 26.7 Å². The number of halogens is 2. The van der Waals surface area contributed by atoms with Crippen LogP contribution in [0.3, 0.4) is 0 Å². The molecule has 0 nitrogen and oxygen atoms in total. The van der Waals surface area contributed by atoms with Gasteiger partial charge < -0.3 is 0 Å². The standard InChI is InChI=1S/C8H12FI/c1-3-4-8(9)6-5-7(2)10/h5-6H,3-4H2,1-2H3/b7-5+,8-6+. The normalized spacial score (nSPS) is 14.0. The van der Waals surface area contributed by atoms with Crippen LogP contribution in [0.15, 0.2) is 21.6 Å². The second-order valence-electron chi connectivity index (χ2n) is 2.12. The van der Waals surface area contributed by atoms with Gasteiger partial charge in [-0.25, -0.2) is 4.39 Å². The lowest BCUT2D eigenvalue weighted by atomic mass is 10.3. The quantitative estimate of drug-likeness (QED) is 0.528. The molecule has 0 bridgehead atoms. The SMILES string of the molecule is CCC/C(F)=C\C=C(/C)I. The fraction of sp³-hybridized carbons (Fsp3) is 0.500. The van der Waals surface area contributed by atoms with Crippen LogP contribution in [0.25, 0.3) is 0 Å². The van der Waals surface area contributed by atoms with Gasteiger partial charge in [0.15, 0.2) is 0 Å². The lowest BCUT2D eigenvalue weighted by molar-refractivity contribution is 0.584. The Morgan fingerprint density at radius 3 is 2.50 bits per heavy atom. The number of hydrogen-bond donors (Lipinski definition) is 0. The van der Waals surface area contributed by atoms with Crippen molar-refractivity contribution in [2.45, 2.75) is 26.7 Å². The fourth-order valence-corrected chi connectivity index (χ4v) is 0.707. The predicted octanol–water partition coefficient (Wildman–Crippen LogP) is 3.98. The van der Waals surface area contributed by atoms with Crippen molar-refractivity contribution >= 4 is 22.6 Å². The molecule has 58 valence electrons. The van der Waals surface area contributed by atoms with Gasteiger partial charge in [0, 0.05) is 0 Å². The predicted molar refractivity (Wildman–Crippen MR) is 51.9 cm³/mol. The van der Waals surface area contributed by atoms with Crippen molar-refractivity contribution in [2.24, 2.45) is 0 Å². The van der Waals surface area contributed by atoms with Crippen molar-refractivity contribution in [3.63, 3.8) is 0 Å². The number of hydrogen-bond acceptors (Lipinski definition) is 0. The minimum atomic E-state index is -0.0292. The molecule has 2 heteroatoms. The van der Waals surface area contributed by atoms with Crippen LogP contribution in [-0.4, -0.2) is 0 Å². The molecule has 0 amide bonds. The molecular formula is C8H12FI. The first kappa shape index (κ1) is 10.1. The maximum atomic E-state index is 12.6. The van der Waals surface area contributed by atoms with Gasteiger partial charge in [-0.05, 0) is 52.0 Å². The summed E-state index contributed by atoms with van der Waals surface area (Å²) < 4.78 is 13.7. The average molecular weight is 254 g/mol. The van der Waals surface area contributed by atoms with E-state index in [0.717, 1.165) is 10.0 Å². The molecule has 0 rings (SSSR count). The molecule has 0 aromatic heterocycles. The molecule has 0 aromatic carbocycles. The van der Waals surface area contributed by atoms with Crippen molar-refractivity contribution < 1.29 is 4.39 Å². The summed E-state index contributed by atoms with van der Waals surface area (Å²) in [6.45, 7) is 3.91. The Hall–Kier alpha value is 0.140. The third-order valence-electron chi connectivity index (χ3n) is 0.983. The van der Waals surface area contributed by atoms with E-state index in [0.29, 0.717) is 6.42 Å². The topological polar surface area (TPSA) is 0 Å². The summed E-state index contributed by atoms with van der Waals surface area (Å²) in [4.78, 5) is 0. The van der Waals surface area contributed by atoms with Crippen molar-refractivity contribution in [3.8, 4) is 0 Å². The van der Waals surface area contributed by atoms with Crippen LogP contribution >= 0.6 is 22.6 Å². The van der Waals surface area contributed by atoms with E-state index >= 15 is 0 Å². The van der Waals surface area contributed by atoms with Gasteiger partial charge in [0.1, 0.15) is 0 Å². The van der Waals surface area contributed by atoms with E-state index in [4.69, 9.17) is 0 Å². The summed E-state index contributed by atoms with van der Waals surface area (Å²) in [6.07, 6.45) is 4.74. The van der Waals surface area contributed by atoms with E-state index < -0.39 is 0 Å². The van der Waals surface area contributed by atoms with Gasteiger partial charge in [-0.15, -0.1) is 0 Å². The molecule has 0 atom stereocenters. The summed E-state index contributed by atoms with van der Waals surface area (Å²) in [7, 11) is 0. The number of allylic oxidation sites excluding steroid dienone is 4. The third kappa shape index (κ3) is 6.26. The van der Waals surface area contributed by atoms with Crippen molar-refractivity contribution in [1.82, 2.24) is 0 Å². The molecule has 0 saturated carbocycles. The van der Waals surface area contributed by atoms with Gasteiger partial charge in [-0.1, -0.05) is 13.0 Å². The third-order valence-corrected chi connectivity index (χ3v) is 1.34. The summed E-state index contributed by atoms with van der Waals surface area (Å²) in [5.41, 5.74) is 0. The lowest BCUT2D eigenvalue weighted by Crippen LogP contribution is -1.70. The van der Waals surface area contributed by atoms with E-state index in [1.54, 1.807) is 6.08 Å². The molecular weight excluding hydrogens is 242 g/mol. The van der Waals surface area contributed by atoms with Crippen LogP contribution < -0.4 is 0 Å². The van der Waals surface area contributed by atoms with Crippen LogP contribution in [-0.2, 0) is 0 Å². The molecule has 0 aliphatic carbocycles. The van der Waals surface area contributed by atoms with Crippen LogP contribution in [0.2, 0.25) is 0 Å². The van der Waals surface area contributed by atoms with Crippen molar-refractivity contribution in [1.29, 1.82) is 0 Å². The summed E-state index contributed by atoms with van der Waals surface area (Å²) in [5.74, 6) is -0.0292. The Balaban J connectivity index is 3.79. The van der Waals surface area contributed by atoms with Gasteiger partial charge in [0.25, 0.3) is 0 Å². The molecule has 10 heavy (non-hydrogen) atoms. The molecule has 0 N–H and O–H groups in total. The van der Waals surface area contributed by atoms with E-state index in [1.807, 2.05) is 13.8 Å². The fourth-order valence-electron chi connectivity index (χ4n) is 0.527. The zero-order valence-electron chi connectivity index (χ0n) is 6.32. The molecule has 0 radical (unpaired) electrons. The monoisotopic (exact) mass is 254 g/mol. The Labute approximate surface area is 75.3 Å². The minimum absolute atomic E-state index is 0.0292. The molecule has 0 heterocycles. The highest BCUT2D eigenvalue weighted by Gasteiger charge is 1.88. The van der Waals surface area contributed by atoms with Gasteiger partial charge in [0.05, 0.1) is 5.83 Å². The van der Waals surface area contributed by atoms with Crippen molar-refractivity contribution in [2.75, 3.05) is 0 Å². The van der Waals surface area contributed by atoms with Gasteiger partial charge in [0.2, 0.25) is 0 Å². The molecule has 0 spiro atoms. The second-order valence-corrected chi connectivity index (χ2v) is 3.82. The molecule has 0 saturated heterocycles. The molecule has 0 aliphatic rings. The Morgan fingerprint density at radius 1 is 1.50 bits per heavy atom. The second kappa shape index (κ2) is 5.89. The Kier molecular flexibility index (Phi) is 5.97. The highest BCUT2D eigenvalue weighted by Crippen LogP contribution is 2.09. The summed E-state index contributed by atoms with van der Waals surface area (Å²) in [5, 5.41) is 0. The summed E-state index contributed by atoms with van der Waals surface area (Å²) in [6, 6.07) is 0. The van der Waals surface area contributed by atoms with Crippen LogP contribution in [0.5, 0.6) is 0 Å². The Bertz CT molecular complexity index is 143. The smallest absolute Gasteiger partial charge is 0.0999 e. The van der Waals surface area contributed by atoms with Crippen molar-refractivity contribution in [3.05, 3.63) is 21.6 Å². The Morgan fingerprint density at radius 2 is 2.10 bits per heavy atom. The minimum Gasteiger partial charge on any atom is -0.212 e. The van der Waals surface area contributed by atoms with E-state index in [1.165, 1.54) is 6.08 Å². The first-order chi connectivity index (χ1) is 4.66. The molecule has 0 aliphatic heterocycles. The van der Waals surface area contributed by atoms with E-state index in [-0.39, 0.29) is 5.83 Å². The zero-order chi connectivity index (χ0) is 7.98. The first-order valence-corrected chi connectivity index (χ1v) is 4.43. The molecule has 0 aromatic rings. The molecule has 0 unspecified atom stereocenters. The highest BCUT2D eigenvalue weighted by atomic mass is 127.